The maximum absolute atomic E-state index is 12.3. The van der Waals surface area contributed by atoms with Crippen molar-refractivity contribution in [3.8, 4) is 11.8 Å². The second-order valence-electron chi connectivity index (χ2n) is 4.19. The van der Waals surface area contributed by atoms with Crippen molar-refractivity contribution in [1.29, 1.82) is 0 Å². The second kappa shape index (κ2) is 6.50. The van der Waals surface area contributed by atoms with Gasteiger partial charge < -0.3 is 10.0 Å². The minimum Gasteiger partial charge on any atom is -0.384 e. The lowest BCUT2D eigenvalue weighted by Crippen LogP contribution is -2.26. The Morgan fingerprint density at radius 1 is 1.45 bits per heavy atom. The van der Waals surface area contributed by atoms with Crippen LogP contribution in [0.1, 0.15) is 21.5 Å². The van der Waals surface area contributed by atoms with Gasteiger partial charge in [0.1, 0.15) is 6.61 Å². The number of aliphatic hydroxyl groups excluding tert-OH is 1. The van der Waals surface area contributed by atoms with Crippen LogP contribution in [0.15, 0.2) is 30.9 Å². The minimum atomic E-state index is -0.224. The van der Waals surface area contributed by atoms with Crippen molar-refractivity contribution in [2.45, 2.75) is 6.54 Å². The summed E-state index contributed by atoms with van der Waals surface area (Å²) in [6.45, 7) is 0.237. The Morgan fingerprint density at radius 3 is 3.00 bits per heavy atom. The number of pyridine rings is 1. The van der Waals surface area contributed by atoms with Crippen molar-refractivity contribution in [1.82, 2.24) is 20.1 Å². The molecule has 0 aliphatic rings. The van der Waals surface area contributed by atoms with Crippen LogP contribution in [0, 0.1) is 11.8 Å². The molecule has 20 heavy (non-hydrogen) atoms. The fourth-order valence-corrected chi connectivity index (χ4v) is 1.70. The normalized spacial score (nSPS) is 9.70. The van der Waals surface area contributed by atoms with Gasteiger partial charge >= 0.3 is 0 Å². The molecule has 0 saturated heterocycles. The van der Waals surface area contributed by atoms with Gasteiger partial charge in [0.2, 0.25) is 0 Å². The molecular formula is C14H14N4O2. The maximum atomic E-state index is 12.3. The number of amides is 1. The van der Waals surface area contributed by atoms with Gasteiger partial charge in [0.15, 0.2) is 0 Å². The maximum Gasteiger partial charge on any atom is 0.255 e. The Labute approximate surface area is 116 Å². The molecule has 0 unspecified atom stereocenters. The van der Waals surface area contributed by atoms with E-state index < -0.39 is 0 Å². The van der Waals surface area contributed by atoms with Crippen LogP contribution < -0.4 is 0 Å². The first kappa shape index (κ1) is 13.8. The van der Waals surface area contributed by atoms with E-state index in [1.807, 2.05) is 0 Å². The van der Waals surface area contributed by atoms with E-state index in [2.05, 4.69) is 27.0 Å². The molecule has 0 spiro atoms. The third-order valence-corrected chi connectivity index (χ3v) is 2.62. The lowest BCUT2D eigenvalue weighted by molar-refractivity contribution is 0.0784. The minimum absolute atomic E-state index is 0.147. The van der Waals surface area contributed by atoms with Crippen molar-refractivity contribution in [2.75, 3.05) is 13.7 Å². The summed E-state index contributed by atoms with van der Waals surface area (Å²) in [5.74, 6) is 5.10. The Balaban J connectivity index is 2.12. The summed E-state index contributed by atoms with van der Waals surface area (Å²) in [7, 11) is 1.71. The predicted molar refractivity (Wildman–Crippen MR) is 72.6 cm³/mol. The third kappa shape index (κ3) is 3.43. The van der Waals surface area contributed by atoms with Gasteiger partial charge in [-0.3, -0.25) is 14.9 Å². The molecule has 2 heterocycles. The number of H-pyrrole nitrogens is 1. The lowest BCUT2D eigenvalue weighted by Gasteiger charge is -2.16. The Bertz CT molecular complexity index is 641. The molecule has 2 N–H and O–H groups in total. The van der Waals surface area contributed by atoms with Crippen molar-refractivity contribution < 1.29 is 9.90 Å². The van der Waals surface area contributed by atoms with Crippen molar-refractivity contribution in [3.63, 3.8) is 0 Å². The predicted octanol–water partition coefficient (Wildman–Crippen LogP) is 0.421. The van der Waals surface area contributed by atoms with Crippen molar-refractivity contribution in [3.05, 3.63) is 47.5 Å². The van der Waals surface area contributed by atoms with E-state index in [1.165, 1.54) is 6.20 Å². The molecule has 2 rings (SSSR count). The molecule has 102 valence electrons. The Hall–Kier alpha value is -2.65. The molecule has 0 saturated carbocycles. The summed E-state index contributed by atoms with van der Waals surface area (Å²) >= 11 is 0. The quantitative estimate of drug-likeness (QED) is 0.792. The molecule has 0 atom stereocenters. The molecule has 0 bridgehead atoms. The number of hydrogen-bond acceptors (Lipinski definition) is 4. The van der Waals surface area contributed by atoms with Crippen LogP contribution in [-0.2, 0) is 6.54 Å². The van der Waals surface area contributed by atoms with E-state index in [0.29, 0.717) is 17.7 Å². The topological polar surface area (TPSA) is 82.1 Å². The van der Waals surface area contributed by atoms with Crippen LogP contribution in [0.4, 0.5) is 0 Å². The standard InChI is InChI=1S/C14H14N4O2/c1-18(10-12-7-16-17-8-12)14(20)13-5-11(3-2-4-19)6-15-9-13/h5-9,19H,4,10H2,1H3,(H,16,17). The first-order valence-corrected chi connectivity index (χ1v) is 5.98. The molecule has 0 aromatic carbocycles. The second-order valence-corrected chi connectivity index (χ2v) is 4.19. The van der Waals surface area contributed by atoms with Gasteiger partial charge in [0.25, 0.3) is 5.91 Å². The first-order chi connectivity index (χ1) is 9.70. The molecule has 1 amide bonds. The van der Waals surface area contributed by atoms with E-state index >= 15 is 0 Å². The Kier molecular flexibility index (Phi) is 4.47. The van der Waals surface area contributed by atoms with Gasteiger partial charge in [0, 0.05) is 43.3 Å². The van der Waals surface area contributed by atoms with Crippen molar-refractivity contribution >= 4 is 5.91 Å². The number of aromatic nitrogens is 3. The highest BCUT2D eigenvalue weighted by Crippen LogP contribution is 2.08. The van der Waals surface area contributed by atoms with E-state index in [0.717, 1.165) is 5.56 Å². The molecule has 0 aliphatic heterocycles. The average molecular weight is 270 g/mol. The SMILES string of the molecule is CN(Cc1cn[nH]c1)C(=O)c1cncc(C#CCO)c1. The summed E-state index contributed by atoms with van der Waals surface area (Å²) in [6, 6.07) is 1.66. The molecule has 2 aromatic heterocycles. The number of aliphatic hydroxyl groups is 1. The van der Waals surface area contributed by atoms with Crippen LogP contribution in [0.5, 0.6) is 0 Å². The van der Waals surface area contributed by atoms with Crippen LogP contribution in [0.25, 0.3) is 0 Å². The van der Waals surface area contributed by atoms with Gasteiger partial charge in [0.05, 0.1) is 11.8 Å². The monoisotopic (exact) mass is 270 g/mol. The van der Waals surface area contributed by atoms with E-state index in [-0.39, 0.29) is 12.5 Å². The average Bonchev–Trinajstić information content (AvgIpc) is 2.97. The lowest BCUT2D eigenvalue weighted by atomic mass is 10.2. The van der Waals surface area contributed by atoms with Crippen LogP contribution in [0.2, 0.25) is 0 Å². The van der Waals surface area contributed by atoms with Gasteiger partial charge in [-0.2, -0.15) is 5.10 Å². The number of hydrogen-bond donors (Lipinski definition) is 2. The molecular weight excluding hydrogens is 256 g/mol. The highest BCUT2D eigenvalue weighted by atomic mass is 16.2. The van der Waals surface area contributed by atoms with Crippen molar-refractivity contribution in [2.24, 2.45) is 0 Å². The molecule has 0 aliphatic carbocycles. The van der Waals surface area contributed by atoms with Crippen LogP contribution >= 0.6 is 0 Å². The van der Waals surface area contributed by atoms with Gasteiger partial charge in [-0.15, -0.1) is 0 Å². The highest BCUT2D eigenvalue weighted by molar-refractivity contribution is 5.94. The molecule has 0 radical (unpaired) electrons. The van der Waals surface area contributed by atoms with Crippen LogP contribution in [0.3, 0.4) is 0 Å². The summed E-state index contributed by atoms with van der Waals surface area (Å²) in [5.41, 5.74) is 1.98. The zero-order valence-electron chi connectivity index (χ0n) is 11.0. The number of carbonyl (C=O) groups is 1. The zero-order chi connectivity index (χ0) is 14.4. The number of carbonyl (C=O) groups excluding carboxylic acids is 1. The summed E-state index contributed by atoms with van der Waals surface area (Å²) in [5, 5.41) is 15.2. The van der Waals surface area contributed by atoms with Gasteiger partial charge in [-0.1, -0.05) is 11.8 Å². The fourth-order valence-electron chi connectivity index (χ4n) is 1.70. The van der Waals surface area contributed by atoms with Gasteiger partial charge in [-0.25, -0.2) is 0 Å². The number of nitrogens with one attached hydrogen (secondary N) is 1. The largest absolute Gasteiger partial charge is 0.384 e. The first-order valence-electron chi connectivity index (χ1n) is 5.98. The van der Waals surface area contributed by atoms with E-state index in [4.69, 9.17) is 5.11 Å². The van der Waals surface area contributed by atoms with E-state index in [1.54, 1.807) is 36.6 Å². The molecule has 6 heteroatoms. The molecule has 6 nitrogen and oxygen atoms in total. The number of aromatic amines is 1. The summed E-state index contributed by atoms with van der Waals surface area (Å²) in [6.07, 6.45) is 6.46. The Morgan fingerprint density at radius 2 is 2.30 bits per heavy atom. The van der Waals surface area contributed by atoms with Crippen LogP contribution in [-0.4, -0.2) is 44.7 Å². The zero-order valence-corrected chi connectivity index (χ0v) is 11.0. The highest BCUT2D eigenvalue weighted by Gasteiger charge is 2.13. The van der Waals surface area contributed by atoms with E-state index in [9.17, 15) is 4.79 Å². The number of nitrogens with zero attached hydrogens (tertiary/aromatic N) is 3. The summed E-state index contributed by atoms with van der Waals surface area (Å²) in [4.78, 5) is 17.8. The smallest absolute Gasteiger partial charge is 0.255 e. The van der Waals surface area contributed by atoms with Gasteiger partial charge in [-0.05, 0) is 6.07 Å². The fraction of sp³-hybridized carbons (Fsp3) is 0.214. The molecule has 2 aromatic rings. The molecule has 0 fully saturated rings. The summed E-state index contributed by atoms with van der Waals surface area (Å²) < 4.78 is 0. The number of rotatable bonds is 3. The third-order valence-electron chi connectivity index (χ3n) is 2.62.